The summed E-state index contributed by atoms with van der Waals surface area (Å²) >= 11 is 0. The van der Waals surface area contributed by atoms with Crippen molar-refractivity contribution in [2.24, 2.45) is 0 Å². The number of halogens is 1. The molecule has 6 heteroatoms. The third-order valence-corrected chi connectivity index (χ3v) is 4.27. The highest BCUT2D eigenvalue weighted by Crippen LogP contribution is 2.37. The Balaban J connectivity index is 1.84. The predicted molar refractivity (Wildman–Crippen MR) is 92.3 cm³/mol. The van der Waals surface area contributed by atoms with Crippen LogP contribution in [0.3, 0.4) is 0 Å². The van der Waals surface area contributed by atoms with Gasteiger partial charge in [0, 0.05) is 44.1 Å². The fourth-order valence-corrected chi connectivity index (χ4v) is 3.06. The number of benzene rings is 1. The number of hydrogen-bond donors (Lipinski definition) is 2. The molecule has 0 bridgehead atoms. The molecule has 1 aliphatic rings. The number of aromatic amines is 1. The molecule has 4 rings (SSSR count). The average molecular weight is 323 g/mol. The van der Waals surface area contributed by atoms with Crippen molar-refractivity contribution in [1.29, 1.82) is 0 Å². The summed E-state index contributed by atoms with van der Waals surface area (Å²) in [5, 5.41) is 11.1. The maximum Gasteiger partial charge on any atom is 0.159 e. The first-order chi connectivity index (χ1) is 11.8. The van der Waals surface area contributed by atoms with Crippen molar-refractivity contribution in [3.05, 3.63) is 54.6 Å². The van der Waals surface area contributed by atoms with Crippen LogP contribution in [0.1, 0.15) is 0 Å². The van der Waals surface area contributed by atoms with E-state index in [1.807, 2.05) is 12.1 Å². The second-order valence-electron chi connectivity index (χ2n) is 5.78. The van der Waals surface area contributed by atoms with Crippen LogP contribution in [0.2, 0.25) is 0 Å². The lowest BCUT2D eigenvalue weighted by atomic mass is 10.0. The quantitative estimate of drug-likeness (QED) is 0.778. The van der Waals surface area contributed by atoms with Crippen LogP contribution < -0.4 is 10.2 Å². The number of hydrogen-bond acceptors (Lipinski definition) is 4. The summed E-state index contributed by atoms with van der Waals surface area (Å²) in [5.41, 5.74) is 3.89. The van der Waals surface area contributed by atoms with Gasteiger partial charge in [-0.25, -0.2) is 4.39 Å². The van der Waals surface area contributed by atoms with E-state index in [-0.39, 0.29) is 5.82 Å². The van der Waals surface area contributed by atoms with Crippen molar-refractivity contribution < 1.29 is 4.39 Å². The van der Waals surface area contributed by atoms with Crippen molar-refractivity contribution in [3.8, 4) is 22.4 Å². The summed E-state index contributed by atoms with van der Waals surface area (Å²) in [5.74, 6) is 0.688. The van der Waals surface area contributed by atoms with Gasteiger partial charge >= 0.3 is 0 Å². The summed E-state index contributed by atoms with van der Waals surface area (Å²) in [7, 11) is 0. The zero-order chi connectivity index (χ0) is 16.4. The highest BCUT2D eigenvalue weighted by Gasteiger charge is 2.22. The van der Waals surface area contributed by atoms with Gasteiger partial charge in [-0.1, -0.05) is 0 Å². The highest BCUT2D eigenvalue weighted by atomic mass is 19.1. The van der Waals surface area contributed by atoms with Gasteiger partial charge in [0.25, 0.3) is 0 Å². The first-order valence-corrected chi connectivity index (χ1v) is 8.03. The van der Waals surface area contributed by atoms with E-state index in [4.69, 9.17) is 0 Å². The fraction of sp³-hybridized carbons (Fsp3) is 0.222. The molecule has 0 spiro atoms. The van der Waals surface area contributed by atoms with E-state index in [1.54, 1.807) is 24.5 Å². The number of pyridine rings is 1. The Kier molecular flexibility index (Phi) is 3.96. The number of H-pyrrole nitrogens is 1. The van der Waals surface area contributed by atoms with Crippen LogP contribution in [0.5, 0.6) is 0 Å². The van der Waals surface area contributed by atoms with E-state index in [2.05, 4.69) is 25.4 Å². The van der Waals surface area contributed by atoms with Gasteiger partial charge in [-0.05, 0) is 42.0 Å². The monoisotopic (exact) mass is 323 g/mol. The van der Waals surface area contributed by atoms with Gasteiger partial charge in [0.05, 0.1) is 11.3 Å². The maximum atomic E-state index is 13.3. The van der Waals surface area contributed by atoms with Crippen molar-refractivity contribution in [2.45, 2.75) is 0 Å². The summed E-state index contributed by atoms with van der Waals surface area (Å²) in [6, 6.07) is 10.4. The molecule has 2 aromatic heterocycles. The predicted octanol–water partition coefficient (Wildman–Crippen LogP) is 2.69. The van der Waals surface area contributed by atoms with Crippen LogP contribution in [-0.4, -0.2) is 41.4 Å². The number of anilines is 1. The number of nitrogens with one attached hydrogen (secondary N) is 2. The maximum absolute atomic E-state index is 13.3. The van der Waals surface area contributed by atoms with Gasteiger partial charge < -0.3 is 10.2 Å². The fourth-order valence-electron chi connectivity index (χ4n) is 3.06. The molecule has 3 heterocycles. The normalized spacial score (nSPS) is 14.8. The third kappa shape index (κ3) is 2.76. The Hall–Kier alpha value is -2.73. The molecule has 1 aliphatic heterocycles. The molecule has 1 saturated heterocycles. The zero-order valence-corrected chi connectivity index (χ0v) is 13.2. The summed E-state index contributed by atoms with van der Waals surface area (Å²) in [6.07, 6.45) is 3.55. The Morgan fingerprint density at radius 2 is 1.62 bits per heavy atom. The Morgan fingerprint density at radius 1 is 0.917 bits per heavy atom. The van der Waals surface area contributed by atoms with E-state index < -0.39 is 0 Å². The van der Waals surface area contributed by atoms with Crippen molar-refractivity contribution in [2.75, 3.05) is 31.1 Å². The molecule has 0 radical (unpaired) electrons. The minimum absolute atomic E-state index is 0.244. The average Bonchev–Trinajstić information content (AvgIpc) is 3.09. The number of rotatable bonds is 3. The van der Waals surface area contributed by atoms with Crippen molar-refractivity contribution >= 4 is 5.82 Å². The van der Waals surface area contributed by atoms with E-state index in [9.17, 15) is 4.39 Å². The smallest absolute Gasteiger partial charge is 0.159 e. The molecule has 3 aromatic rings. The van der Waals surface area contributed by atoms with E-state index in [1.165, 1.54) is 12.1 Å². The molecule has 0 saturated carbocycles. The molecule has 1 aromatic carbocycles. The number of nitrogens with zero attached hydrogens (tertiary/aromatic N) is 3. The van der Waals surface area contributed by atoms with Crippen LogP contribution in [0, 0.1) is 5.82 Å². The lowest BCUT2D eigenvalue weighted by Gasteiger charge is -2.28. The highest BCUT2D eigenvalue weighted by molar-refractivity contribution is 5.88. The van der Waals surface area contributed by atoms with Gasteiger partial charge in [-0.2, -0.15) is 5.10 Å². The Bertz CT molecular complexity index is 807. The van der Waals surface area contributed by atoms with E-state index in [0.29, 0.717) is 0 Å². The second-order valence-corrected chi connectivity index (χ2v) is 5.78. The summed E-state index contributed by atoms with van der Waals surface area (Å²) < 4.78 is 13.3. The molecule has 1 fully saturated rings. The molecule has 0 amide bonds. The first-order valence-electron chi connectivity index (χ1n) is 8.03. The van der Waals surface area contributed by atoms with Gasteiger partial charge in [0.2, 0.25) is 0 Å². The van der Waals surface area contributed by atoms with Crippen LogP contribution in [0.4, 0.5) is 10.2 Å². The minimum Gasteiger partial charge on any atom is -0.352 e. The SMILES string of the molecule is Fc1ccc(-c2[nH]nc(N3CCNCC3)c2-c2ccncc2)cc1. The van der Waals surface area contributed by atoms with Gasteiger partial charge in [-0.3, -0.25) is 10.1 Å². The second kappa shape index (κ2) is 6.41. The topological polar surface area (TPSA) is 56.8 Å². The molecule has 0 aliphatic carbocycles. The third-order valence-electron chi connectivity index (χ3n) is 4.27. The summed E-state index contributed by atoms with van der Waals surface area (Å²) in [6.45, 7) is 3.70. The molecule has 0 unspecified atom stereocenters. The van der Waals surface area contributed by atoms with E-state index in [0.717, 1.165) is 54.4 Å². The molecular weight excluding hydrogens is 305 g/mol. The lowest BCUT2D eigenvalue weighted by Crippen LogP contribution is -2.43. The molecule has 122 valence electrons. The van der Waals surface area contributed by atoms with Crippen LogP contribution in [0.25, 0.3) is 22.4 Å². The van der Waals surface area contributed by atoms with Crippen molar-refractivity contribution in [3.63, 3.8) is 0 Å². The van der Waals surface area contributed by atoms with Gasteiger partial charge in [0.15, 0.2) is 5.82 Å². The Labute approximate surface area is 139 Å². The Morgan fingerprint density at radius 3 is 2.33 bits per heavy atom. The van der Waals surface area contributed by atoms with Crippen molar-refractivity contribution in [1.82, 2.24) is 20.5 Å². The largest absolute Gasteiger partial charge is 0.352 e. The molecule has 2 N–H and O–H groups in total. The summed E-state index contributed by atoms with van der Waals surface area (Å²) in [4.78, 5) is 6.38. The molecular formula is C18H18FN5. The first kappa shape index (κ1) is 14.8. The zero-order valence-electron chi connectivity index (χ0n) is 13.2. The van der Waals surface area contributed by atoms with Crippen LogP contribution in [-0.2, 0) is 0 Å². The number of aromatic nitrogens is 3. The van der Waals surface area contributed by atoms with Gasteiger partial charge in [0.1, 0.15) is 5.82 Å². The molecule has 5 nitrogen and oxygen atoms in total. The molecule has 24 heavy (non-hydrogen) atoms. The van der Waals surface area contributed by atoms with Crippen LogP contribution in [0.15, 0.2) is 48.8 Å². The van der Waals surface area contributed by atoms with Gasteiger partial charge in [-0.15, -0.1) is 0 Å². The molecule has 0 atom stereocenters. The van der Waals surface area contributed by atoms with E-state index >= 15 is 0 Å². The minimum atomic E-state index is -0.244. The standard InChI is InChI=1S/C18H18FN5/c19-15-3-1-14(2-4-15)17-16(13-5-7-20-8-6-13)18(23-22-17)24-11-9-21-10-12-24/h1-8,21H,9-12H2,(H,22,23). The lowest BCUT2D eigenvalue weighted by molar-refractivity contribution is 0.585. The van der Waals surface area contributed by atoms with Crippen LogP contribution >= 0.6 is 0 Å². The number of piperazine rings is 1.